The number of benzene rings is 1. The van der Waals surface area contributed by atoms with Gasteiger partial charge in [-0.1, -0.05) is 0 Å². The van der Waals surface area contributed by atoms with Crippen LogP contribution in [0.3, 0.4) is 0 Å². The number of carbonyl (C=O) groups is 1. The molecule has 156 valence electrons. The predicted molar refractivity (Wildman–Crippen MR) is 111 cm³/mol. The summed E-state index contributed by atoms with van der Waals surface area (Å²) in [4.78, 5) is 14.7. The summed E-state index contributed by atoms with van der Waals surface area (Å²) in [6, 6.07) is 9.33. The Morgan fingerprint density at radius 1 is 1.00 bits per heavy atom. The van der Waals surface area contributed by atoms with Crippen molar-refractivity contribution in [3.05, 3.63) is 36.2 Å². The lowest BCUT2D eigenvalue weighted by atomic mass is 10.1. The third kappa shape index (κ3) is 3.87. The molecular weight excluding hydrogens is 384 g/mol. The lowest BCUT2D eigenvalue weighted by Crippen LogP contribution is -2.30. The largest absolute Gasteiger partial charge is 0.486 e. The van der Waals surface area contributed by atoms with Crippen molar-refractivity contribution in [2.75, 3.05) is 36.5 Å². The number of piperidine rings is 1. The van der Waals surface area contributed by atoms with E-state index in [-0.39, 0.29) is 12.3 Å². The van der Waals surface area contributed by atoms with Crippen molar-refractivity contribution in [2.45, 2.75) is 32.1 Å². The molecule has 9 heteroatoms. The second-order valence-electron chi connectivity index (χ2n) is 7.53. The van der Waals surface area contributed by atoms with Crippen molar-refractivity contribution in [1.82, 2.24) is 19.8 Å². The summed E-state index contributed by atoms with van der Waals surface area (Å²) >= 11 is 0. The van der Waals surface area contributed by atoms with E-state index in [1.807, 2.05) is 24.3 Å². The van der Waals surface area contributed by atoms with Crippen LogP contribution in [0.25, 0.3) is 5.65 Å². The normalized spacial score (nSPS) is 15.9. The molecule has 0 spiro atoms. The highest BCUT2D eigenvalue weighted by Gasteiger charge is 2.16. The molecule has 0 unspecified atom stereocenters. The van der Waals surface area contributed by atoms with E-state index in [2.05, 4.69) is 20.4 Å². The summed E-state index contributed by atoms with van der Waals surface area (Å²) in [5.74, 6) is 2.86. The number of carbonyl (C=O) groups excluding carboxylic acids is 1. The van der Waals surface area contributed by atoms with E-state index >= 15 is 0 Å². The van der Waals surface area contributed by atoms with Gasteiger partial charge in [-0.05, 0) is 43.5 Å². The number of anilines is 2. The van der Waals surface area contributed by atoms with E-state index in [9.17, 15) is 4.79 Å². The third-order valence-electron chi connectivity index (χ3n) is 5.39. The van der Waals surface area contributed by atoms with Crippen molar-refractivity contribution in [2.24, 2.45) is 0 Å². The van der Waals surface area contributed by atoms with Gasteiger partial charge in [-0.15, -0.1) is 15.3 Å². The fourth-order valence-electron chi connectivity index (χ4n) is 3.84. The average Bonchev–Trinajstić information content (AvgIpc) is 3.20. The highest BCUT2D eigenvalue weighted by atomic mass is 16.6. The number of amides is 1. The Morgan fingerprint density at radius 3 is 2.70 bits per heavy atom. The molecule has 0 bridgehead atoms. The number of rotatable bonds is 5. The Balaban J connectivity index is 1.25. The highest BCUT2D eigenvalue weighted by Crippen LogP contribution is 2.32. The number of hydrogen-bond donors (Lipinski definition) is 1. The number of nitrogens with one attached hydrogen (secondary N) is 1. The van der Waals surface area contributed by atoms with Gasteiger partial charge in [0, 0.05) is 37.7 Å². The molecule has 1 fully saturated rings. The van der Waals surface area contributed by atoms with Crippen molar-refractivity contribution < 1.29 is 14.3 Å². The summed E-state index contributed by atoms with van der Waals surface area (Å²) in [6.07, 6.45) is 4.39. The SMILES string of the molecule is O=C(CCc1nnc2ccc(N3CCCCC3)nn12)Nc1ccc2c(c1)OCCO2. The Morgan fingerprint density at radius 2 is 1.83 bits per heavy atom. The topological polar surface area (TPSA) is 93.9 Å². The maximum absolute atomic E-state index is 12.5. The molecule has 1 saturated heterocycles. The van der Waals surface area contributed by atoms with Crippen LogP contribution in [0.1, 0.15) is 31.5 Å². The highest BCUT2D eigenvalue weighted by molar-refractivity contribution is 5.91. The van der Waals surface area contributed by atoms with Crippen LogP contribution in [-0.2, 0) is 11.2 Å². The number of aryl methyl sites for hydroxylation is 1. The third-order valence-corrected chi connectivity index (χ3v) is 5.39. The van der Waals surface area contributed by atoms with E-state index in [0.29, 0.717) is 48.3 Å². The fourth-order valence-corrected chi connectivity index (χ4v) is 3.84. The van der Waals surface area contributed by atoms with Gasteiger partial charge in [-0.3, -0.25) is 4.79 Å². The molecule has 0 aliphatic carbocycles. The second-order valence-corrected chi connectivity index (χ2v) is 7.53. The van der Waals surface area contributed by atoms with E-state index in [0.717, 1.165) is 18.9 Å². The van der Waals surface area contributed by atoms with Crippen molar-refractivity contribution in [1.29, 1.82) is 0 Å². The summed E-state index contributed by atoms with van der Waals surface area (Å²) in [5.41, 5.74) is 1.37. The van der Waals surface area contributed by atoms with Gasteiger partial charge in [0.25, 0.3) is 0 Å². The Labute approximate surface area is 174 Å². The molecular formula is C21H24N6O3. The van der Waals surface area contributed by atoms with E-state index in [4.69, 9.17) is 14.6 Å². The van der Waals surface area contributed by atoms with Crippen LogP contribution >= 0.6 is 0 Å². The minimum absolute atomic E-state index is 0.101. The molecule has 1 amide bonds. The zero-order valence-corrected chi connectivity index (χ0v) is 16.7. The summed E-state index contributed by atoms with van der Waals surface area (Å²) in [6.45, 7) is 3.09. The first kappa shape index (κ1) is 18.7. The average molecular weight is 408 g/mol. The van der Waals surface area contributed by atoms with Crippen LogP contribution in [0.15, 0.2) is 30.3 Å². The first-order valence-corrected chi connectivity index (χ1v) is 10.4. The standard InChI is InChI=1S/C21H24N6O3/c28-21(22-15-4-5-16-17(14-15)30-13-12-29-16)9-8-19-24-23-18-6-7-20(25-27(18)19)26-10-2-1-3-11-26/h4-7,14H,1-3,8-13H2,(H,22,28). The molecule has 2 aliphatic rings. The van der Waals surface area contributed by atoms with Crippen LogP contribution in [0, 0.1) is 0 Å². The first-order valence-electron chi connectivity index (χ1n) is 10.4. The van der Waals surface area contributed by atoms with Crippen molar-refractivity contribution in [3.8, 4) is 11.5 Å². The van der Waals surface area contributed by atoms with Gasteiger partial charge < -0.3 is 19.7 Å². The van der Waals surface area contributed by atoms with Crippen LogP contribution < -0.4 is 19.7 Å². The van der Waals surface area contributed by atoms with Crippen LogP contribution in [0.2, 0.25) is 0 Å². The minimum Gasteiger partial charge on any atom is -0.486 e. The van der Waals surface area contributed by atoms with E-state index in [1.165, 1.54) is 19.3 Å². The van der Waals surface area contributed by atoms with Crippen LogP contribution in [0.5, 0.6) is 11.5 Å². The van der Waals surface area contributed by atoms with Gasteiger partial charge in [0.2, 0.25) is 5.91 Å². The maximum atomic E-state index is 12.5. The predicted octanol–water partition coefficient (Wildman–Crippen LogP) is 2.46. The molecule has 1 N–H and O–H groups in total. The van der Waals surface area contributed by atoms with Gasteiger partial charge in [0.1, 0.15) is 19.0 Å². The molecule has 4 heterocycles. The van der Waals surface area contributed by atoms with Gasteiger partial charge >= 0.3 is 0 Å². The summed E-state index contributed by atoms with van der Waals surface area (Å²) in [5, 5.41) is 16.0. The molecule has 0 saturated carbocycles. The molecule has 30 heavy (non-hydrogen) atoms. The fraction of sp³-hybridized carbons (Fsp3) is 0.429. The van der Waals surface area contributed by atoms with Crippen LogP contribution in [0.4, 0.5) is 11.5 Å². The van der Waals surface area contributed by atoms with Crippen molar-refractivity contribution in [3.63, 3.8) is 0 Å². The minimum atomic E-state index is -0.101. The lowest BCUT2D eigenvalue weighted by molar-refractivity contribution is -0.116. The molecule has 3 aromatic rings. The molecule has 0 atom stereocenters. The zero-order chi connectivity index (χ0) is 20.3. The number of aromatic nitrogens is 4. The zero-order valence-electron chi connectivity index (χ0n) is 16.7. The Hall–Kier alpha value is -3.36. The number of hydrogen-bond acceptors (Lipinski definition) is 7. The summed E-state index contributed by atoms with van der Waals surface area (Å²) < 4.78 is 12.8. The van der Waals surface area contributed by atoms with Crippen LogP contribution in [-0.4, -0.2) is 52.0 Å². The first-order chi connectivity index (χ1) is 14.8. The number of ether oxygens (including phenoxy) is 2. The van der Waals surface area contributed by atoms with Crippen molar-refractivity contribution >= 4 is 23.1 Å². The maximum Gasteiger partial charge on any atom is 0.224 e. The molecule has 9 nitrogen and oxygen atoms in total. The van der Waals surface area contributed by atoms with Gasteiger partial charge in [0.15, 0.2) is 23.0 Å². The van der Waals surface area contributed by atoms with E-state index in [1.54, 1.807) is 10.6 Å². The van der Waals surface area contributed by atoms with Gasteiger partial charge in [-0.2, -0.15) is 4.52 Å². The number of fused-ring (bicyclic) bond motifs is 2. The Kier molecular flexibility index (Phi) is 5.08. The smallest absolute Gasteiger partial charge is 0.224 e. The molecule has 1 aromatic carbocycles. The van der Waals surface area contributed by atoms with E-state index < -0.39 is 0 Å². The monoisotopic (exact) mass is 408 g/mol. The lowest BCUT2D eigenvalue weighted by Gasteiger charge is -2.27. The molecule has 2 aromatic heterocycles. The quantitative estimate of drug-likeness (QED) is 0.693. The number of nitrogens with zero attached hydrogens (tertiary/aromatic N) is 5. The molecule has 2 aliphatic heterocycles. The molecule has 5 rings (SSSR count). The van der Waals surface area contributed by atoms with Gasteiger partial charge in [-0.25, -0.2) is 0 Å². The second kappa shape index (κ2) is 8.17. The summed E-state index contributed by atoms with van der Waals surface area (Å²) in [7, 11) is 0. The molecule has 0 radical (unpaired) electrons. The van der Waals surface area contributed by atoms with Gasteiger partial charge in [0.05, 0.1) is 0 Å². The Bertz CT molecular complexity index is 1060.